The second-order valence-electron chi connectivity index (χ2n) is 7.84. The van der Waals surface area contributed by atoms with E-state index in [-0.39, 0.29) is 17.9 Å². The topological polar surface area (TPSA) is 59.4 Å². The molecule has 3 rings (SSSR count). The van der Waals surface area contributed by atoms with E-state index in [1.807, 2.05) is 38.8 Å². The minimum Gasteiger partial charge on any atom is -0.478 e. The van der Waals surface area contributed by atoms with Crippen molar-refractivity contribution in [2.75, 3.05) is 6.61 Å². The number of ether oxygens (including phenoxy) is 1. The highest BCUT2D eigenvalue weighted by Crippen LogP contribution is 2.38. The molecule has 0 atom stereocenters. The molecular weight excluding hydrogens is 409 g/mol. The van der Waals surface area contributed by atoms with Crippen LogP contribution in [0.5, 0.6) is 5.88 Å². The first kappa shape index (κ1) is 22.7. The minimum atomic E-state index is -4.60. The highest BCUT2D eigenvalue weighted by Gasteiger charge is 2.40. The number of amides is 1. The molecule has 0 saturated heterocycles. The SMILES string of the molecule is C=C1C(NC(=O)Cn2nc(C(F)(F)F)c3c2OCCC3)=CC(C)=CN1C(CC)=C(C)C. The Morgan fingerprint density at radius 1 is 1.35 bits per heavy atom. The van der Waals surface area contributed by atoms with E-state index in [2.05, 4.69) is 17.0 Å². The molecule has 1 amide bonds. The van der Waals surface area contributed by atoms with Gasteiger partial charge in [0, 0.05) is 17.5 Å². The van der Waals surface area contributed by atoms with E-state index < -0.39 is 24.3 Å². The molecule has 9 heteroatoms. The van der Waals surface area contributed by atoms with Gasteiger partial charge in [0.15, 0.2) is 5.69 Å². The van der Waals surface area contributed by atoms with Crippen LogP contribution in [0.15, 0.2) is 47.1 Å². The number of halogens is 3. The van der Waals surface area contributed by atoms with Crippen LogP contribution in [0.4, 0.5) is 13.2 Å². The Bertz CT molecular complexity index is 995. The second-order valence-corrected chi connectivity index (χ2v) is 7.84. The van der Waals surface area contributed by atoms with Crippen LogP contribution >= 0.6 is 0 Å². The van der Waals surface area contributed by atoms with Gasteiger partial charge < -0.3 is 15.0 Å². The summed E-state index contributed by atoms with van der Waals surface area (Å²) in [5.74, 6) is -0.494. The fraction of sp³-hybridized carbons (Fsp3) is 0.455. The van der Waals surface area contributed by atoms with Crippen molar-refractivity contribution in [3.63, 3.8) is 0 Å². The van der Waals surface area contributed by atoms with E-state index in [9.17, 15) is 18.0 Å². The van der Waals surface area contributed by atoms with Gasteiger partial charge in [0.05, 0.1) is 18.0 Å². The number of hydrogen-bond donors (Lipinski definition) is 1. The average Bonchev–Trinajstić information content (AvgIpc) is 3.04. The first-order valence-electron chi connectivity index (χ1n) is 10.2. The van der Waals surface area contributed by atoms with E-state index in [0.29, 0.717) is 24.4 Å². The predicted octanol–water partition coefficient (Wildman–Crippen LogP) is 4.66. The molecule has 0 spiro atoms. The van der Waals surface area contributed by atoms with Crippen molar-refractivity contribution in [3.05, 3.63) is 58.3 Å². The summed E-state index contributed by atoms with van der Waals surface area (Å²) < 4.78 is 46.4. The molecule has 1 N–H and O–H groups in total. The molecular formula is C22H27F3N4O2. The summed E-state index contributed by atoms with van der Waals surface area (Å²) in [4.78, 5) is 14.6. The molecule has 2 aliphatic rings. The zero-order chi connectivity index (χ0) is 22.9. The van der Waals surface area contributed by atoms with E-state index in [1.165, 1.54) is 0 Å². The summed E-state index contributed by atoms with van der Waals surface area (Å²) in [6.45, 7) is 11.9. The van der Waals surface area contributed by atoms with Gasteiger partial charge in [-0.15, -0.1) is 0 Å². The molecule has 1 aromatic heterocycles. The Hall–Kier alpha value is -2.97. The van der Waals surface area contributed by atoms with Gasteiger partial charge >= 0.3 is 6.18 Å². The second kappa shape index (κ2) is 8.64. The fourth-order valence-electron chi connectivity index (χ4n) is 3.82. The molecule has 6 nitrogen and oxygen atoms in total. The largest absolute Gasteiger partial charge is 0.478 e. The van der Waals surface area contributed by atoms with Crippen LogP contribution in [0.25, 0.3) is 0 Å². The average molecular weight is 436 g/mol. The van der Waals surface area contributed by atoms with Crippen LogP contribution in [0.1, 0.15) is 51.8 Å². The lowest BCUT2D eigenvalue weighted by atomic mass is 10.1. The van der Waals surface area contributed by atoms with Crippen molar-refractivity contribution in [1.29, 1.82) is 0 Å². The normalized spacial score (nSPS) is 16.2. The number of allylic oxidation sites excluding steroid dienone is 4. The summed E-state index contributed by atoms with van der Waals surface area (Å²) in [7, 11) is 0. The predicted molar refractivity (Wildman–Crippen MR) is 111 cm³/mol. The number of carbonyl (C=O) groups excluding carboxylic acids is 1. The van der Waals surface area contributed by atoms with Gasteiger partial charge in [0.1, 0.15) is 6.54 Å². The Labute approximate surface area is 179 Å². The summed E-state index contributed by atoms with van der Waals surface area (Å²) in [6, 6.07) is 0. The van der Waals surface area contributed by atoms with E-state index >= 15 is 0 Å². The van der Waals surface area contributed by atoms with Gasteiger partial charge in [-0.2, -0.15) is 18.3 Å². The van der Waals surface area contributed by atoms with Crippen molar-refractivity contribution in [1.82, 2.24) is 20.0 Å². The van der Waals surface area contributed by atoms with Crippen molar-refractivity contribution >= 4 is 5.91 Å². The number of carbonyl (C=O) groups is 1. The number of alkyl halides is 3. The van der Waals surface area contributed by atoms with Gasteiger partial charge in [-0.1, -0.05) is 19.1 Å². The number of aromatic nitrogens is 2. The lowest BCUT2D eigenvalue weighted by Crippen LogP contribution is -2.33. The van der Waals surface area contributed by atoms with Crippen LogP contribution in [0.2, 0.25) is 0 Å². The third kappa shape index (κ3) is 4.70. The summed E-state index contributed by atoms with van der Waals surface area (Å²) in [5.41, 5.74) is 3.20. The van der Waals surface area contributed by atoms with Crippen LogP contribution in [-0.4, -0.2) is 27.2 Å². The van der Waals surface area contributed by atoms with E-state index in [4.69, 9.17) is 4.74 Å². The van der Waals surface area contributed by atoms with Gasteiger partial charge in [-0.05, 0) is 51.7 Å². The molecule has 0 aliphatic carbocycles. The highest BCUT2D eigenvalue weighted by molar-refractivity contribution is 5.79. The van der Waals surface area contributed by atoms with Gasteiger partial charge in [-0.3, -0.25) is 4.79 Å². The standard InChI is InChI=1S/C22H27F3N4O2/c1-6-18(13(2)3)28-11-14(4)10-17(15(28)5)26-19(30)12-29-21-16(8-7-9-31-21)20(27-29)22(23,24)25/h10-11H,5-9,12H2,1-4H3,(H,26,30). The lowest BCUT2D eigenvalue weighted by Gasteiger charge is -2.31. The monoisotopic (exact) mass is 436 g/mol. The summed E-state index contributed by atoms with van der Waals surface area (Å²) in [5, 5.41) is 6.41. The van der Waals surface area contributed by atoms with Gasteiger partial charge in [0.25, 0.3) is 0 Å². The number of rotatable bonds is 5. The number of nitrogens with one attached hydrogen (secondary N) is 1. The molecule has 0 saturated carbocycles. The Morgan fingerprint density at radius 3 is 2.68 bits per heavy atom. The smallest absolute Gasteiger partial charge is 0.435 e. The lowest BCUT2D eigenvalue weighted by molar-refractivity contribution is -0.142. The minimum absolute atomic E-state index is 0.00828. The first-order chi connectivity index (χ1) is 14.5. The maximum atomic E-state index is 13.3. The Morgan fingerprint density at radius 2 is 2.06 bits per heavy atom. The fourth-order valence-corrected chi connectivity index (χ4v) is 3.82. The quantitative estimate of drug-likeness (QED) is 0.729. The molecule has 3 heterocycles. The molecule has 0 fully saturated rings. The molecule has 31 heavy (non-hydrogen) atoms. The van der Waals surface area contributed by atoms with Gasteiger partial charge in [-0.25, -0.2) is 4.68 Å². The maximum Gasteiger partial charge on any atom is 0.435 e. The Balaban J connectivity index is 1.82. The van der Waals surface area contributed by atoms with Crippen LogP contribution < -0.4 is 10.1 Å². The Kier molecular flexibility index (Phi) is 6.33. The van der Waals surface area contributed by atoms with Crippen molar-refractivity contribution in [2.45, 2.75) is 59.7 Å². The van der Waals surface area contributed by atoms with E-state index in [0.717, 1.165) is 27.9 Å². The maximum absolute atomic E-state index is 13.3. The molecule has 168 valence electrons. The summed E-state index contributed by atoms with van der Waals surface area (Å²) >= 11 is 0. The summed E-state index contributed by atoms with van der Waals surface area (Å²) in [6.07, 6.45) is 0.600. The molecule has 0 bridgehead atoms. The zero-order valence-electron chi connectivity index (χ0n) is 18.2. The zero-order valence-corrected chi connectivity index (χ0v) is 18.2. The number of hydrogen-bond acceptors (Lipinski definition) is 4. The van der Waals surface area contributed by atoms with Crippen LogP contribution in [-0.2, 0) is 23.9 Å². The van der Waals surface area contributed by atoms with Crippen LogP contribution in [0.3, 0.4) is 0 Å². The molecule has 0 aromatic carbocycles. The molecule has 2 aliphatic heterocycles. The van der Waals surface area contributed by atoms with Gasteiger partial charge in [0.2, 0.25) is 11.8 Å². The molecule has 0 unspecified atom stereocenters. The highest BCUT2D eigenvalue weighted by atomic mass is 19.4. The van der Waals surface area contributed by atoms with Crippen molar-refractivity contribution < 1.29 is 22.7 Å². The molecule has 1 aromatic rings. The first-order valence-corrected chi connectivity index (χ1v) is 10.2. The molecule has 0 radical (unpaired) electrons. The number of fused-ring (bicyclic) bond motifs is 1. The third-order valence-electron chi connectivity index (χ3n) is 5.15. The van der Waals surface area contributed by atoms with Crippen LogP contribution in [0, 0.1) is 0 Å². The third-order valence-corrected chi connectivity index (χ3v) is 5.15. The van der Waals surface area contributed by atoms with Crippen molar-refractivity contribution in [2.24, 2.45) is 0 Å². The van der Waals surface area contributed by atoms with E-state index in [1.54, 1.807) is 6.08 Å². The number of nitrogens with zero attached hydrogens (tertiary/aromatic N) is 3. The van der Waals surface area contributed by atoms with Crippen molar-refractivity contribution in [3.8, 4) is 5.88 Å².